The predicted molar refractivity (Wildman–Crippen MR) is 58.8 cm³/mol. The summed E-state index contributed by atoms with van der Waals surface area (Å²) in [5.41, 5.74) is 11.6. The number of unbranched alkanes of at least 4 members (excludes halogenated alkanes) is 1. The largest absolute Gasteiger partial charge is 0.754 e. The lowest BCUT2D eigenvalue weighted by Crippen LogP contribution is -2.35. The van der Waals surface area contributed by atoms with Gasteiger partial charge in [0.2, 0.25) is 0 Å². The minimum atomic E-state index is -0.0918. The van der Waals surface area contributed by atoms with Crippen molar-refractivity contribution in [2.75, 3.05) is 17.2 Å². The fraction of sp³-hybridized carbons (Fsp3) is 0.500. The zero-order valence-corrected chi connectivity index (χ0v) is 8.70. The lowest BCUT2D eigenvalue weighted by atomic mass is 10.2. The third kappa shape index (κ3) is 2.66. The first-order valence-electron chi connectivity index (χ1n) is 4.40. The molecule has 0 amide bonds. The molecule has 0 saturated carbocycles. The van der Waals surface area contributed by atoms with Crippen molar-refractivity contribution in [2.24, 2.45) is 0 Å². The van der Waals surface area contributed by atoms with Gasteiger partial charge in [-0.3, -0.25) is 0 Å². The van der Waals surface area contributed by atoms with Crippen LogP contribution in [-0.2, 0) is 6.42 Å². The second-order valence-corrected chi connectivity index (χ2v) is 3.45. The monoisotopic (exact) mass is 214 g/mol. The van der Waals surface area contributed by atoms with Crippen LogP contribution in [0.3, 0.4) is 0 Å². The number of nitrogen functional groups attached to an aromatic ring is 2. The number of aromatic nitrogens is 2. The van der Waals surface area contributed by atoms with Gasteiger partial charge < -0.3 is 16.7 Å². The second kappa shape index (κ2) is 4.90. The zero-order valence-electron chi connectivity index (χ0n) is 7.81. The van der Waals surface area contributed by atoms with Gasteiger partial charge in [-0.25, -0.2) is 4.73 Å². The molecule has 1 heterocycles. The molecule has 78 valence electrons. The van der Waals surface area contributed by atoms with E-state index in [1.54, 1.807) is 6.07 Å². The first-order valence-corrected chi connectivity index (χ1v) is 5.03. The van der Waals surface area contributed by atoms with E-state index in [2.05, 4.69) is 17.6 Å². The molecule has 4 N–H and O–H groups in total. The van der Waals surface area contributed by atoms with E-state index < -0.39 is 0 Å². The highest BCUT2D eigenvalue weighted by atomic mass is 32.1. The Bertz CT molecular complexity index is 295. The Hall–Kier alpha value is -1.17. The van der Waals surface area contributed by atoms with E-state index >= 15 is 0 Å². The molecule has 0 unspecified atom stereocenters. The van der Waals surface area contributed by atoms with Gasteiger partial charge in [0.05, 0.1) is 0 Å². The molecular weight excluding hydrogens is 200 g/mol. The quantitative estimate of drug-likeness (QED) is 0.287. The molecule has 0 radical (unpaired) electrons. The van der Waals surface area contributed by atoms with E-state index in [1.807, 2.05) is 0 Å². The number of thiol groups is 1. The highest BCUT2D eigenvalue weighted by Gasteiger charge is 2.06. The summed E-state index contributed by atoms with van der Waals surface area (Å²) in [7, 11) is 0. The average molecular weight is 214 g/mol. The van der Waals surface area contributed by atoms with Crippen LogP contribution >= 0.6 is 12.6 Å². The van der Waals surface area contributed by atoms with Crippen molar-refractivity contribution in [1.82, 2.24) is 4.98 Å². The molecule has 1 aromatic heterocycles. The number of anilines is 2. The third-order valence-corrected chi connectivity index (χ3v) is 2.17. The molecule has 14 heavy (non-hydrogen) atoms. The van der Waals surface area contributed by atoms with Gasteiger partial charge in [0.1, 0.15) is 5.69 Å². The number of nitrogens with two attached hydrogens (primary N) is 2. The van der Waals surface area contributed by atoms with Gasteiger partial charge in [-0.2, -0.15) is 12.6 Å². The summed E-state index contributed by atoms with van der Waals surface area (Å²) in [6, 6.07) is 1.56. The molecule has 0 atom stereocenters. The highest BCUT2D eigenvalue weighted by molar-refractivity contribution is 7.80. The van der Waals surface area contributed by atoms with Gasteiger partial charge in [-0.1, -0.05) is 0 Å². The number of rotatable bonds is 4. The fourth-order valence-electron chi connectivity index (χ4n) is 1.13. The van der Waals surface area contributed by atoms with Crippen LogP contribution in [0.5, 0.6) is 0 Å². The van der Waals surface area contributed by atoms with Crippen molar-refractivity contribution >= 4 is 24.4 Å². The summed E-state index contributed by atoms with van der Waals surface area (Å²) in [6.07, 6.45) is 2.75. The summed E-state index contributed by atoms with van der Waals surface area (Å²) in [4.78, 5) is 3.93. The van der Waals surface area contributed by atoms with Crippen LogP contribution in [-0.4, -0.2) is 10.7 Å². The van der Waals surface area contributed by atoms with Crippen LogP contribution in [0.4, 0.5) is 11.8 Å². The zero-order chi connectivity index (χ0) is 10.6. The Balaban J connectivity index is 2.69. The SMILES string of the molecule is Nc1cc(CCCCS)nc(N)[n+]1[O-]. The van der Waals surface area contributed by atoms with E-state index in [0.29, 0.717) is 4.73 Å². The molecule has 0 bridgehead atoms. The summed E-state index contributed by atoms with van der Waals surface area (Å²) in [6.45, 7) is 0. The van der Waals surface area contributed by atoms with Crippen LogP contribution in [0.25, 0.3) is 0 Å². The van der Waals surface area contributed by atoms with Crippen LogP contribution in [0.2, 0.25) is 0 Å². The Morgan fingerprint density at radius 2 is 2.14 bits per heavy atom. The minimum absolute atomic E-state index is 0.0918. The summed E-state index contributed by atoms with van der Waals surface area (Å²) in [5.74, 6) is 0.851. The molecule has 6 heteroatoms. The van der Waals surface area contributed by atoms with Crippen molar-refractivity contribution in [2.45, 2.75) is 19.3 Å². The van der Waals surface area contributed by atoms with E-state index in [0.717, 1.165) is 30.7 Å². The summed E-state index contributed by atoms with van der Waals surface area (Å²) >= 11 is 4.10. The van der Waals surface area contributed by atoms with Crippen molar-refractivity contribution in [1.29, 1.82) is 0 Å². The van der Waals surface area contributed by atoms with Crippen molar-refractivity contribution in [3.8, 4) is 0 Å². The molecule has 0 aromatic carbocycles. The smallest absolute Gasteiger partial charge is 0.344 e. The van der Waals surface area contributed by atoms with Crippen LogP contribution in [0, 0.1) is 5.21 Å². The fourth-order valence-corrected chi connectivity index (χ4v) is 1.36. The van der Waals surface area contributed by atoms with Gasteiger partial charge in [0.15, 0.2) is 5.82 Å². The van der Waals surface area contributed by atoms with E-state index in [-0.39, 0.29) is 11.8 Å². The molecular formula is C8H14N4OS. The Morgan fingerprint density at radius 3 is 2.71 bits per heavy atom. The number of aryl methyl sites for hydroxylation is 1. The average Bonchev–Trinajstić information content (AvgIpc) is 2.14. The first-order chi connectivity index (χ1) is 6.65. The lowest BCUT2D eigenvalue weighted by molar-refractivity contribution is -0.577. The van der Waals surface area contributed by atoms with Crippen molar-refractivity contribution < 1.29 is 4.73 Å². The lowest BCUT2D eigenvalue weighted by Gasteiger charge is -2.09. The Morgan fingerprint density at radius 1 is 1.43 bits per heavy atom. The molecule has 0 aliphatic rings. The third-order valence-electron chi connectivity index (χ3n) is 1.86. The molecule has 0 saturated heterocycles. The van der Waals surface area contributed by atoms with E-state index in [1.165, 1.54) is 0 Å². The predicted octanol–water partition coefficient (Wildman–Crippen LogP) is 0.132. The second-order valence-electron chi connectivity index (χ2n) is 3.01. The maximum atomic E-state index is 11.0. The van der Waals surface area contributed by atoms with Crippen LogP contribution in [0.15, 0.2) is 6.07 Å². The number of hydrogen-bond donors (Lipinski definition) is 3. The molecule has 0 aliphatic heterocycles. The minimum Gasteiger partial charge on any atom is -0.754 e. The number of hydrogen-bond acceptors (Lipinski definition) is 5. The Labute approximate surface area is 88.1 Å². The molecule has 1 aromatic rings. The van der Waals surface area contributed by atoms with Gasteiger partial charge in [0, 0.05) is 12.5 Å². The van der Waals surface area contributed by atoms with E-state index in [4.69, 9.17) is 11.5 Å². The molecule has 0 fully saturated rings. The van der Waals surface area contributed by atoms with Gasteiger partial charge in [-0.05, 0) is 18.6 Å². The van der Waals surface area contributed by atoms with Gasteiger partial charge in [0.25, 0.3) is 0 Å². The topological polar surface area (TPSA) is 91.9 Å². The maximum Gasteiger partial charge on any atom is 0.344 e. The van der Waals surface area contributed by atoms with Crippen molar-refractivity contribution in [3.05, 3.63) is 17.0 Å². The standard InChI is InChI=1S/C8H14N4OS/c9-7-5-6(3-1-2-4-14)11-8(10)12(7)13/h5,14H,1-4,9H2,(H2,10,11). The number of nitrogens with zero attached hydrogens (tertiary/aromatic N) is 2. The summed E-state index contributed by atoms with van der Waals surface area (Å²) < 4.78 is 0.419. The molecule has 0 aliphatic carbocycles. The van der Waals surface area contributed by atoms with Gasteiger partial charge >= 0.3 is 5.95 Å². The van der Waals surface area contributed by atoms with Crippen LogP contribution < -0.4 is 16.2 Å². The highest BCUT2D eigenvalue weighted by Crippen LogP contribution is 2.06. The normalized spacial score (nSPS) is 10.4. The molecule has 1 rings (SSSR count). The molecule has 0 spiro atoms. The maximum absolute atomic E-state index is 11.0. The van der Waals surface area contributed by atoms with Gasteiger partial charge in [-0.15, -0.1) is 4.98 Å². The van der Waals surface area contributed by atoms with Crippen molar-refractivity contribution in [3.63, 3.8) is 0 Å². The Kier molecular flexibility index (Phi) is 3.82. The first kappa shape index (κ1) is 10.9. The molecule has 5 nitrogen and oxygen atoms in total. The van der Waals surface area contributed by atoms with Crippen LogP contribution in [0.1, 0.15) is 18.5 Å². The van der Waals surface area contributed by atoms with E-state index in [9.17, 15) is 5.21 Å². The summed E-state index contributed by atoms with van der Waals surface area (Å²) in [5, 5.41) is 11.0.